The fourth-order valence-corrected chi connectivity index (χ4v) is 2.06. The van der Waals surface area contributed by atoms with Gasteiger partial charge in [-0.25, -0.2) is 0 Å². The Morgan fingerprint density at radius 2 is 2.08 bits per heavy atom. The summed E-state index contributed by atoms with van der Waals surface area (Å²) in [6.45, 7) is 3.47. The van der Waals surface area contributed by atoms with Gasteiger partial charge in [0.2, 0.25) is 0 Å². The molecule has 0 saturated carbocycles. The fourth-order valence-electron chi connectivity index (χ4n) is 1.18. The first-order valence-electron chi connectivity index (χ1n) is 3.92. The number of methoxy groups -OCH3 is 1. The second-order valence-corrected chi connectivity index (χ2v) is 3.63. The van der Waals surface area contributed by atoms with Crippen LogP contribution in [0.4, 0.5) is 0 Å². The lowest BCUT2D eigenvalue weighted by atomic mass is 10.1. The Kier molecular flexibility index (Phi) is 3.09. The van der Waals surface area contributed by atoms with Crippen molar-refractivity contribution in [3.8, 4) is 5.75 Å². The maximum absolute atomic E-state index is 11.2. The van der Waals surface area contributed by atoms with E-state index < -0.39 is 0 Å². The Hall–Kier alpha value is -0.830. The van der Waals surface area contributed by atoms with Gasteiger partial charge in [0.05, 0.1) is 11.6 Å². The highest BCUT2D eigenvalue weighted by Gasteiger charge is 2.11. The van der Waals surface area contributed by atoms with E-state index in [1.807, 2.05) is 13.0 Å². The van der Waals surface area contributed by atoms with Crippen molar-refractivity contribution < 1.29 is 9.53 Å². The van der Waals surface area contributed by atoms with Gasteiger partial charge < -0.3 is 4.74 Å². The third-order valence-electron chi connectivity index (χ3n) is 1.88. The number of halogens is 1. The topological polar surface area (TPSA) is 26.3 Å². The average Bonchev–Trinajstić information content (AvgIpc) is 2.04. The predicted molar refractivity (Wildman–Crippen MR) is 55.4 cm³/mol. The molecule has 0 aromatic heterocycles. The molecular formula is C10H11BrO2. The first-order chi connectivity index (χ1) is 6.07. The molecule has 1 rings (SSSR count). The van der Waals surface area contributed by atoms with Gasteiger partial charge in [-0.2, -0.15) is 0 Å². The summed E-state index contributed by atoms with van der Waals surface area (Å²) in [6, 6.07) is 3.67. The van der Waals surface area contributed by atoms with E-state index in [9.17, 15) is 4.79 Å². The molecule has 0 N–H and O–H groups in total. The summed E-state index contributed by atoms with van der Waals surface area (Å²) in [5.41, 5.74) is 1.67. The van der Waals surface area contributed by atoms with Crippen LogP contribution in [-0.2, 0) is 0 Å². The zero-order valence-corrected chi connectivity index (χ0v) is 9.44. The van der Waals surface area contributed by atoms with Gasteiger partial charge in [-0.05, 0) is 41.4 Å². The van der Waals surface area contributed by atoms with E-state index in [4.69, 9.17) is 4.74 Å². The molecule has 0 radical (unpaired) electrons. The lowest BCUT2D eigenvalue weighted by Gasteiger charge is -2.09. The molecule has 2 nitrogen and oxygen atoms in total. The molecule has 1 aromatic rings. The highest BCUT2D eigenvalue weighted by molar-refractivity contribution is 9.10. The molecule has 1 aromatic carbocycles. The Bertz CT molecular complexity index is 345. The Morgan fingerprint density at radius 1 is 1.46 bits per heavy atom. The summed E-state index contributed by atoms with van der Waals surface area (Å²) >= 11 is 3.35. The smallest absolute Gasteiger partial charge is 0.161 e. The number of carbonyl (C=O) groups excluding carboxylic acids is 1. The zero-order chi connectivity index (χ0) is 10.0. The van der Waals surface area contributed by atoms with E-state index in [1.54, 1.807) is 13.2 Å². The van der Waals surface area contributed by atoms with Gasteiger partial charge in [-0.15, -0.1) is 0 Å². The molecule has 0 saturated heterocycles. The van der Waals surface area contributed by atoms with E-state index >= 15 is 0 Å². The van der Waals surface area contributed by atoms with Crippen molar-refractivity contribution in [2.45, 2.75) is 13.8 Å². The SMILES string of the molecule is COc1c(C)ccc(C(C)=O)c1Br. The first-order valence-corrected chi connectivity index (χ1v) is 4.71. The molecule has 0 aliphatic carbocycles. The number of carbonyl (C=O) groups is 1. The predicted octanol–water partition coefficient (Wildman–Crippen LogP) is 2.97. The fraction of sp³-hybridized carbons (Fsp3) is 0.300. The van der Waals surface area contributed by atoms with Crippen LogP contribution in [-0.4, -0.2) is 12.9 Å². The van der Waals surface area contributed by atoms with Crippen molar-refractivity contribution in [3.05, 3.63) is 27.7 Å². The second-order valence-electron chi connectivity index (χ2n) is 2.83. The molecule has 0 unspecified atom stereocenters. The number of rotatable bonds is 2. The summed E-state index contributed by atoms with van der Waals surface area (Å²) < 4.78 is 5.91. The van der Waals surface area contributed by atoms with E-state index in [2.05, 4.69) is 15.9 Å². The minimum atomic E-state index is 0.0326. The molecule has 0 spiro atoms. The molecule has 0 bridgehead atoms. The van der Waals surface area contributed by atoms with Gasteiger partial charge in [0.25, 0.3) is 0 Å². The number of hydrogen-bond acceptors (Lipinski definition) is 2. The lowest BCUT2D eigenvalue weighted by Crippen LogP contribution is -1.97. The van der Waals surface area contributed by atoms with Crippen LogP contribution in [0.15, 0.2) is 16.6 Å². The van der Waals surface area contributed by atoms with Gasteiger partial charge in [0.1, 0.15) is 5.75 Å². The summed E-state index contributed by atoms with van der Waals surface area (Å²) in [7, 11) is 1.59. The maximum atomic E-state index is 11.2. The van der Waals surface area contributed by atoms with Crippen molar-refractivity contribution >= 4 is 21.7 Å². The van der Waals surface area contributed by atoms with Crippen LogP contribution in [0.25, 0.3) is 0 Å². The molecule has 0 heterocycles. The summed E-state index contributed by atoms with van der Waals surface area (Å²) in [5, 5.41) is 0. The summed E-state index contributed by atoms with van der Waals surface area (Å²) in [4.78, 5) is 11.2. The summed E-state index contributed by atoms with van der Waals surface area (Å²) in [6.07, 6.45) is 0. The largest absolute Gasteiger partial charge is 0.495 e. The van der Waals surface area contributed by atoms with Crippen LogP contribution in [0, 0.1) is 6.92 Å². The van der Waals surface area contributed by atoms with Crippen molar-refractivity contribution in [1.29, 1.82) is 0 Å². The Labute approximate surface area is 86.0 Å². The van der Waals surface area contributed by atoms with Crippen molar-refractivity contribution in [1.82, 2.24) is 0 Å². The third kappa shape index (κ3) is 1.91. The standard InChI is InChI=1S/C10H11BrO2/c1-6-4-5-8(7(2)12)9(11)10(6)13-3/h4-5H,1-3H3. The average molecular weight is 243 g/mol. The minimum absolute atomic E-state index is 0.0326. The number of aryl methyl sites for hydroxylation is 1. The zero-order valence-electron chi connectivity index (χ0n) is 7.85. The van der Waals surface area contributed by atoms with Crippen molar-refractivity contribution in [2.75, 3.05) is 7.11 Å². The van der Waals surface area contributed by atoms with Gasteiger partial charge in [-0.3, -0.25) is 4.79 Å². The van der Waals surface area contributed by atoms with Crippen LogP contribution < -0.4 is 4.74 Å². The van der Waals surface area contributed by atoms with E-state index in [0.29, 0.717) is 5.56 Å². The Morgan fingerprint density at radius 3 is 2.54 bits per heavy atom. The lowest BCUT2D eigenvalue weighted by molar-refractivity contribution is 0.101. The van der Waals surface area contributed by atoms with Crippen LogP contribution in [0.3, 0.4) is 0 Å². The van der Waals surface area contributed by atoms with Gasteiger partial charge >= 0.3 is 0 Å². The number of ether oxygens (including phenoxy) is 1. The number of ketones is 1. The molecule has 0 aliphatic rings. The molecular weight excluding hydrogens is 232 g/mol. The van der Waals surface area contributed by atoms with Gasteiger partial charge in [0, 0.05) is 5.56 Å². The third-order valence-corrected chi connectivity index (χ3v) is 2.66. The highest BCUT2D eigenvalue weighted by atomic mass is 79.9. The van der Waals surface area contributed by atoms with E-state index in [1.165, 1.54) is 6.92 Å². The molecule has 0 aliphatic heterocycles. The molecule has 70 valence electrons. The van der Waals surface area contributed by atoms with E-state index in [-0.39, 0.29) is 5.78 Å². The van der Waals surface area contributed by atoms with Gasteiger partial charge in [0.15, 0.2) is 5.78 Å². The normalized spacial score (nSPS) is 9.85. The van der Waals surface area contributed by atoms with E-state index in [0.717, 1.165) is 15.8 Å². The molecule has 3 heteroatoms. The number of hydrogen-bond donors (Lipinski definition) is 0. The first kappa shape index (κ1) is 10.3. The van der Waals surface area contributed by atoms with Crippen molar-refractivity contribution in [3.63, 3.8) is 0 Å². The van der Waals surface area contributed by atoms with Crippen LogP contribution in [0.2, 0.25) is 0 Å². The van der Waals surface area contributed by atoms with Crippen molar-refractivity contribution in [2.24, 2.45) is 0 Å². The number of Topliss-reactive ketones (excluding diaryl/α,β-unsaturated/α-hetero) is 1. The van der Waals surface area contributed by atoms with Crippen LogP contribution in [0.1, 0.15) is 22.8 Å². The van der Waals surface area contributed by atoms with Crippen LogP contribution in [0.5, 0.6) is 5.75 Å². The highest BCUT2D eigenvalue weighted by Crippen LogP contribution is 2.31. The quantitative estimate of drug-likeness (QED) is 0.746. The number of benzene rings is 1. The second kappa shape index (κ2) is 3.92. The van der Waals surface area contributed by atoms with Crippen LogP contribution >= 0.6 is 15.9 Å². The monoisotopic (exact) mass is 242 g/mol. The minimum Gasteiger partial charge on any atom is -0.495 e. The molecule has 0 fully saturated rings. The summed E-state index contributed by atoms with van der Waals surface area (Å²) in [5.74, 6) is 0.762. The Balaban J connectivity index is 3.35. The molecule has 13 heavy (non-hydrogen) atoms. The molecule has 0 atom stereocenters. The maximum Gasteiger partial charge on any atom is 0.161 e. The van der Waals surface area contributed by atoms with Gasteiger partial charge in [-0.1, -0.05) is 6.07 Å². The molecule has 0 amide bonds.